The summed E-state index contributed by atoms with van der Waals surface area (Å²) in [5.41, 5.74) is 6.62. The van der Waals surface area contributed by atoms with Crippen molar-refractivity contribution in [2.75, 3.05) is 18.9 Å². The van der Waals surface area contributed by atoms with Gasteiger partial charge in [0.25, 0.3) is 0 Å². The Morgan fingerprint density at radius 1 is 1.60 bits per heavy atom. The van der Waals surface area contributed by atoms with E-state index in [1.54, 1.807) is 6.20 Å². The van der Waals surface area contributed by atoms with Crippen LogP contribution in [0.2, 0.25) is 0 Å². The molecule has 15 heavy (non-hydrogen) atoms. The van der Waals surface area contributed by atoms with Crippen LogP contribution in [0, 0.1) is 0 Å². The summed E-state index contributed by atoms with van der Waals surface area (Å²) >= 11 is 0. The van der Waals surface area contributed by atoms with Crippen molar-refractivity contribution in [3.05, 3.63) is 23.9 Å². The predicted octanol–water partition coefficient (Wildman–Crippen LogP) is 1.36. The standard InChI is InChI=1S/C11H16N2O2/c12-11-6-9(3-4-13-11)7-14-8-10-2-1-5-15-10/h3-4,6,10H,1-2,5,7-8H2,(H2,12,13). The molecule has 0 saturated carbocycles. The Balaban J connectivity index is 1.73. The Morgan fingerprint density at radius 3 is 3.27 bits per heavy atom. The number of anilines is 1. The molecule has 4 heteroatoms. The number of hydrogen-bond acceptors (Lipinski definition) is 4. The maximum Gasteiger partial charge on any atom is 0.123 e. The van der Waals surface area contributed by atoms with E-state index < -0.39 is 0 Å². The highest BCUT2D eigenvalue weighted by Gasteiger charge is 2.15. The number of ether oxygens (including phenoxy) is 2. The molecule has 1 aromatic rings. The Bertz CT molecular complexity index is 311. The van der Waals surface area contributed by atoms with E-state index in [9.17, 15) is 0 Å². The quantitative estimate of drug-likeness (QED) is 0.811. The molecule has 0 amide bonds. The highest BCUT2D eigenvalue weighted by Crippen LogP contribution is 2.13. The van der Waals surface area contributed by atoms with Gasteiger partial charge in [0, 0.05) is 12.8 Å². The monoisotopic (exact) mass is 208 g/mol. The molecule has 1 saturated heterocycles. The molecule has 1 unspecified atom stereocenters. The molecule has 0 bridgehead atoms. The fourth-order valence-corrected chi connectivity index (χ4v) is 1.67. The molecule has 0 radical (unpaired) electrons. The van der Waals surface area contributed by atoms with Gasteiger partial charge >= 0.3 is 0 Å². The van der Waals surface area contributed by atoms with Crippen LogP contribution in [-0.2, 0) is 16.1 Å². The van der Waals surface area contributed by atoms with Crippen molar-refractivity contribution in [1.29, 1.82) is 0 Å². The summed E-state index contributed by atoms with van der Waals surface area (Å²) in [6.45, 7) is 2.12. The Morgan fingerprint density at radius 2 is 2.53 bits per heavy atom. The number of rotatable bonds is 4. The highest BCUT2D eigenvalue weighted by molar-refractivity contribution is 5.31. The number of nitrogen functional groups attached to an aromatic ring is 1. The lowest BCUT2D eigenvalue weighted by Crippen LogP contribution is -2.13. The van der Waals surface area contributed by atoms with Crippen molar-refractivity contribution in [1.82, 2.24) is 4.98 Å². The first-order chi connectivity index (χ1) is 7.34. The largest absolute Gasteiger partial charge is 0.384 e. The van der Waals surface area contributed by atoms with Gasteiger partial charge in [-0.15, -0.1) is 0 Å². The first-order valence-electron chi connectivity index (χ1n) is 5.24. The lowest BCUT2D eigenvalue weighted by atomic mass is 10.2. The number of aromatic nitrogens is 1. The molecule has 2 heterocycles. The van der Waals surface area contributed by atoms with E-state index in [2.05, 4.69) is 4.98 Å². The fourth-order valence-electron chi connectivity index (χ4n) is 1.67. The summed E-state index contributed by atoms with van der Waals surface area (Å²) in [7, 11) is 0. The second-order valence-electron chi connectivity index (χ2n) is 3.74. The fraction of sp³-hybridized carbons (Fsp3) is 0.545. The smallest absolute Gasteiger partial charge is 0.123 e. The SMILES string of the molecule is Nc1cc(COCC2CCCO2)ccn1. The minimum absolute atomic E-state index is 0.282. The van der Waals surface area contributed by atoms with Gasteiger partial charge in [-0.05, 0) is 30.5 Å². The number of nitrogens with two attached hydrogens (primary N) is 1. The van der Waals surface area contributed by atoms with Crippen molar-refractivity contribution in [3.63, 3.8) is 0 Å². The summed E-state index contributed by atoms with van der Waals surface area (Å²) in [6, 6.07) is 3.74. The van der Waals surface area contributed by atoms with Crippen LogP contribution in [0.3, 0.4) is 0 Å². The van der Waals surface area contributed by atoms with Gasteiger partial charge in [0.15, 0.2) is 0 Å². The number of hydrogen-bond donors (Lipinski definition) is 1. The zero-order valence-electron chi connectivity index (χ0n) is 8.69. The van der Waals surface area contributed by atoms with E-state index in [1.807, 2.05) is 12.1 Å². The average Bonchev–Trinajstić information content (AvgIpc) is 2.71. The minimum atomic E-state index is 0.282. The van der Waals surface area contributed by atoms with E-state index in [1.165, 1.54) is 0 Å². The minimum Gasteiger partial charge on any atom is -0.384 e. The summed E-state index contributed by atoms with van der Waals surface area (Å²) in [5, 5.41) is 0. The highest BCUT2D eigenvalue weighted by atomic mass is 16.5. The second-order valence-corrected chi connectivity index (χ2v) is 3.74. The second kappa shape index (κ2) is 5.09. The van der Waals surface area contributed by atoms with Crippen molar-refractivity contribution in [2.24, 2.45) is 0 Å². The van der Waals surface area contributed by atoms with Gasteiger partial charge in [-0.1, -0.05) is 0 Å². The zero-order chi connectivity index (χ0) is 10.5. The molecule has 2 rings (SSSR count). The Hall–Kier alpha value is -1.13. The third kappa shape index (κ3) is 3.18. The van der Waals surface area contributed by atoms with E-state index in [0.29, 0.717) is 19.0 Å². The van der Waals surface area contributed by atoms with Crippen molar-refractivity contribution < 1.29 is 9.47 Å². The summed E-state index contributed by atoms with van der Waals surface area (Å²) in [5.74, 6) is 0.535. The maximum absolute atomic E-state index is 5.56. The van der Waals surface area contributed by atoms with Crippen LogP contribution in [-0.4, -0.2) is 24.3 Å². The molecule has 1 atom stereocenters. The molecule has 1 fully saturated rings. The van der Waals surface area contributed by atoms with Gasteiger partial charge < -0.3 is 15.2 Å². The summed E-state index contributed by atoms with van der Waals surface area (Å²) < 4.78 is 11.0. The van der Waals surface area contributed by atoms with Crippen LogP contribution in [0.15, 0.2) is 18.3 Å². The molecule has 0 aliphatic carbocycles. The van der Waals surface area contributed by atoms with E-state index >= 15 is 0 Å². The van der Waals surface area contributed by atoms with Crippen LogP contribution in [0.25, 0.3) is 0 Å². The molecule has 0 spiro atoms. The van der Waals surface area contributed by atoms with Crippen LogP contribution in [0.4, 0.5) is 5.82 Å². The Labute approximate surface area is 89.4 Å². The van der Waals surface area contributed by atoms with E-state index in [-0.39, 0.29) is 6.10 Å². The molecular weight excluding hydrogens is 192 g/mol. The molecule has 1 aliphatic heterocycles. The predicted molar refractivity (Wildman–Crippen MR) is 57.3 cm³/mol. The van der Waals surface area contributed by atoms with Crippen LogP contribution in [0.1, 0.15) is 18.4 Å². The van der Waals surface area contributed by atoms with Gasteiger partial charge in [-0.2, -0.15) is 0 Å². The van der Waals surface area contributed by atoms with Gasteiger partial charge in [-0.25, -0.2) is 4.98 Å². The summed E-state index contributed by atoms with van der Waals surface area (Å²) in [4.78, 5) is 3.92. The molecule has 82 valence electrons. The van der Waals surface area contributed by atoms with Crippen LogP contribution >= 0.6 is 0 Å². The van der Waals surface area contributed by atoms with Gasteiger partial charge in [0.05, 0.1) is 19.3 Å². The van der Waals surface area contributed by atoms with Gasteiger partial charge in [0.1, 0.15) is 5.82 Å². The first-order valence-corrected chi connectivity index (χ1v) is 5.24. The first kappa shape index (κ1) is 10.4. The molecule has 4 nitrogen and oxygen atoms in total. The topological polar surface area (TPSA) is 57.4 Å². The third-order valence-electron chi connectivity index (χ3n) is 2.44. The molecule has 0 aromatic carbocycles. The van der Waals surface area contributed by atoms with E-state index in [4.69, 9.17) is 15.2 Å². The molecular formula is C11H16N2O2. The maximum atomic E-state index is 5.56. The van der Waals surface area contributed by atoms with E-state index in [0.717, 1.165) is 25.0 Å². The van der Waals surface area contributed by atoms with Crippen LogP contribution in [0.5, 0.6) is 0 Å². The van der Waals surface area contributed by atoms with Crippen molar-refractivity contribution in [2.45, 2.75) is 25.6 Å². The molecule has 1 aromatic heterocycles. The van der Waals surface area contributed by atoms with Crippen molar-refractivity contribution in [3.8, 4) is 0 Å². The molecule has 2 N–H and O–H groups in total. The molecule has 1 aliphatic rings. The zero-order valence-corrected chi connectivity index (χ0v) is 8.69. The Kier molecular flexibility index (Phi) is 3.53. The lowest BCUT2D eigenvalue weighted by molar-refractivity contribution is 0.0106. The lowest BCUT2D eigenvalue weighted by Gasteiger charge is -2.09. The third-order valence-corrected chi connectivity index (χ3v) is 2.44. The van der Waals surface area contributed by atoms with Gasteiger partial charge in [-0.3, -0.25) is 0 Å². The normalized spacial score (nSPS) is 20.7. The van der Waals surface area contributed by atoms with Crippen LogP contribution < -0.4 is 5.73 Å². The summed E-state index contributed by atoms with van der Waals surface area (Å²) in [6.07, 6.45) is 4.23. The number of nitrogens with zero attached hydrogens (tertiary/aromatic N) is 1. The number of pyridine rings is 1. The average molecular weight is 208 g/mol. The van der Waals surface area contributed by atoms with Crippen molar-refractivity contribution >= 4 is 5.82 Å². The van der Waals surface area contributed by atoms with Gasteiger partial charge in [0.2, 0.25) is 0 Å².